The molecule has 3 heteroatoms. The maximum absolute atomic E-state index is 5.84. The van der Waals surface area contributed by atoms with Gasteiger partial charge in [0.05, 0.1) is 7.11 Å². The second kappa shape index (κ2) is 3.78. The third-order valence-electron chi connectivity index (χ3n) is 1.87. The predicted molar refractivity (Wildman–Crippen MR) is 50.6 cm³/mol. The van der Waals surface area contributed by atoms with Gasteiger partial charge in [0.2, 0.25) is 0 Å². The topological polar surface area (TPSA) is 35.2 Å². The normalized spacial score (nSPS) is 10.0. The molecule has 66 valence electrons. The smallest absolute Gasteiger partial charge is 0.123 e. The molecule has 1 aromatic carbocycles. The van der Waals surface area contributed by atoms with E-state index in [1.165, 1.54) is 0 Å². The molecule has 0 aliphatic rings. The number of rotatable bonds is 2. The third kappa shape index (κ3) is 1.71. The summed E-state index contributed by atoms with van der Waals surface area (Å²) in [5.74, 6) is 0.794. The van der Waals surface area contributed by atoms with E-state index in [0.717, 1.165) is 16.9 Å². The molecule has 0 unspecified atom stereocenters. The Bertz CT molecular complexity index is 261. The average molecular weight is 186 g/mol. The van der Waals surface area contributed by atoms with Gasteiger partial charge in [-0.2, -0.15) is 0 Å². The van der Waals surface area contributed by atoms with Crippen molar-refractivity contribution < 1.29 is 4.74 Å². The van der Waals surface area contributed by atoms with Crippen LogP contribution in [0.5, 0.6) is 5.75 Å². The molecule has 1 rings (SSSR count). The highest BCUT2D eigenvalue weighted by molar-refractivity contribution is 6.30. The summed E-state index contributed by atoms with van der Waals surface area (Å²) in [6.07, 6.45) is 0. The van der Waals surface area contributed by atoms with E-state index in [0.29, 0.717) is 11.6 Å². The number of hydrogen-bond donors (Lipinski definition) is 1. The lowest BCUT2D eigenvalue weighted by molar-refractivity contribution is 0.411. The Morgan fingerprint density at radius 1 is 1.50 bits per heavy atom. The average Bonchev–Trinajstić information content (AvgIpc) is 2.08. The highest BCUT2D eigenvalue weighted by Crippen LogP contribution is 2.25. The number of ether oxygens (including phenoxy) is 1. The molecule has 0 spiro atoms. The number of benzene rings is 1. The van der Waals surface area contributed by atoms with Crippen molar-refractivity contribution in [2.75, 3.05) is 7.11 Å². The van der Waals surface area contributed by atoms with Gasteiger partial charge >= 0.3 is 0 Å². The minimum Gasteiger partial charge on any atom is -0.496 e. The van der Waals surface area contributed by atoms with Gasteiger partial charge in [-0.1, -0.05) is 11.6 Å². The molecule has 12 heavy (non-hydrogen) atoms. The fourth-order valence-corrected chi connectivity index (χ4v) is 1.36. The molecule has 0 saturated carbocycles. The largest absolute Gasteiger partial charge is 0.496 e. The Balaban J connectivity index is 3.22. The van der Waals surface area contributed by atoms with Crippen molar-refractivity contribution in [2.45, 2.75) is 13.5 Å². The lowest BCUT2D eigenvalue weighted by atomic mass is 10.1. The molecule has 0 radical (unpaired) electrons. The molecule has 0 fully saturated rings. The van der Waals surface area contributed by atoms with Crippen LogP contribution in [0.25, 0.3) is 0 Å². The first-order valence-electron chi connectivity index (χ1n) is 3.72. The van der Waals surface area contributed by atoms with Gasteiger partial charge in [-0.25, -0.2) is 0 Å². The van der Waals surface area contributed by atoms with Crippen LogP contribution in [0.15, 0.2) is 12.1 Å². The van der Waals surface area contributed by atoms with Crippen LogP contribution in [0.4, 0.5) is 0 Å². The monoisotopic (exact) mass is 185 g/mol. The van der Waals surface area contributed by atoms with E-state index in [9.17, 15) is 0 Å². The minimum absolute atomic E-state index is 0.489. The van der Waals surface area contributed by atoms with Gasteiger partial charge in [-0.05, 0) is 30.2 Å². The van der Waals surface area contributed by atoms with Crippen LogP contribution in [0.1, 0.15) is 11.1 Å². The van der Waals surface area contributed by atoms with Crippen molar-refractivity contribution in [3.05, 3.63) is 28.3 Å². The van der Waals surface area contributed by atoms with Crippen LogP contribution in [0, 0.1) is 6.92 Å². The zero-order valence-electron chi connectivity index (χ0n) is 7.23. The lowest BCUT2D eigenvalue weighted by Crippen LogP contribution is -2.00. The second-order valence-electron chi connectivity index (χ2n) is 2.60. The van der Waals surface area contributed by atoms with Crippen LogP contribution in [-0.2, 0) is 6.54 Å². The molecule has 0 heterocycles. The summed E-state index contributed by atoms with van der Waals surface area (Å²) in [4.78, 5) is 0. The van der Waals surface area contributed by atoms with Crippen LogP contribution < -0.4 is 10.5 Å². The zero-order chi connectivity index (χ0) is 9.14. The maximum Gasteiger partial charge on any atom is 0.123 e. The van der Waals surface area contributed by atoms with Crippen LogP contribution >= 0.6 is 11.6 Å². The van der Waals surface area contributed by atoms with Crippen LogP contribution in [0.2, 0.25) is 5.02 Å². The van der Waals surface area contributed by atoms with Gasteiger partial charge in [-0.3, -0.25) is 0 Å². The van der Waals surface area contributed by atoms with E-state index >= 15 is 0 Å². The molecule has 2 nitrogen and oxygen atoms in total. The predicted octanol–water partition coefficient (Wildman–Crippen LogP) is 2.12. The maximum atomic E-state index is 5.84. The fraction of sp³-hybridized carbons (Fsp3) is 0.333. The molecule has 1 aromatic rings. The van der Waals surface area contributed by atoms with Crippen LogP contribution in [-0.4, -0.2) is 7.11 Å². The summed E-state index contributed by atoms with van der Waals surface area (Å²) in [5.41, 5.74) is 7.62. The van der Waals surface area contributed by atoms with Gasteiger partial charge in [0.15, 0.2) is 0 Å². The van der Waals surface area contributed by atoms with Crippen LogP contribution in [0.3, 0.4) is 0 Å². The summed E-state index contributed by atoms with van der Waals surface area (Å²) in [7, 11) is 1.62. The molecule has 0 atom stereocenters. The fourth-order valence-electron chi connectivity index (χ4n) is 1.13. The summed E-state index contributed by atoms with van der Waals surface area (Å²) < 4.78 is 5.13. The van der Waals surface area contributed by atoms with Gasteiger partial charge in [0.1, 0.15) is 5.75 Å². The number of hydrogen-bond acceptors (Lipinski definition) is 2. The molecule has 0 bridgehead atoms. The van der Waals surface area contributed by atoms with Gasteiger partial charge in [-0.15, -0.1) is 0 Å². The molecule has 0 saturated heterocycles. The zero-order valence-corrected chi connectivity index (χ0v) is 7.98. The van der Waals surface area contributed by atoms with Crippen molar-refractivity contribution >= 4 is 11.6 Å². The van der Waals surface area contributed by atoms with E-state index in [4.69, 9.17) is 22.1 Å². The van der Waals surface area contributed by atoms with Gasteiger partial charge in [0.25, 0.3) is 0 Å². The Labute approximate surface area is 77.3 Å². The summed E-state index contributed by atoms with van der Waals surface area (Å²) >= 11 is 5.84. The highest BCUT2D eigenvalue weighted by atomic mass is 35.5. The van der Waals surface area contributed by atoms with E-state index in [2.05, 4.69) is 0 Å². The Kier molecular flexibility index (Phi) is 2.95. The Morgan fingerprint density at radius 2 is 2.17 bits per heavy atom. The molecule has 0 amide bonds. The molecule has 0 aliphatic carbocycles. The molecule has 2 N–H and O–H groups in total. The van der Waals surface area contributed by atoms with Crippen molar-refractivity contribution in [1.29, 1.82) is 0 Å². The van der Waals surface area contributed by atoms with Crippen molar-refractivity contribution in [3.63, 3.8) is 0 Å². The molecule has 0 aliphatic heterocycles. The minimum atomic E-state index is 0.489. The standard InChI is InChI=1S/C9H12ClNO/c1-6-7(5-11)3-8(10)4-9(6)12-2/h3-4H,5,11H2,1-2H3. The van der Waals surface area contributed by atoms with E-state index in [1.54, 1.807) is 13.2 Å². The molecule has 0 aromatic heterocycles. The quantitative estimate of drug-likeness (QED) is 0.766. The van der Waals surface area contributed by atoms with Crippen molar-refractivity contribution in [2.24, 2.45) is 5.73 Å². The first kappa shape index (κ1) is 9.36. The second-order valence-corrected chi connectivity index (χ2v) is 3.03. The SMILES string of the molecule is COc1cc(Cl)cc(CN)c1C. The lowest BCUT2D eigenvalue weighted by Gasteiger charge is -2.09. The van der Waals surface area contributed by atoms with E-state index < -0.39 is 0 Å². The number of nitrogens with two attached hydrogens (primary N) is 1. The highest BCUT2D eigenvalue weighted by Gasteiger charge is 2.04. The first-order valence-corrected chi connectivity index (χ1v) is 4.10. The van der Waals surface area contributed by atoms with E-state index in [1.807, 2.05) is 13.0 Å². The van der Waals surface area contributed by atoms with Gasteiger partial charge < -0.3 is 10.5 Å². The molecular weight excluding hydrogens is 174 g/mol. The third-order valence-corrected chi connectivity index (χ3v) is 2.09. The number of halogens is 1. The van der Waals surface area contributed by atoms with Crippen molar-refractivity contribution in [3.8, 4) is 5.75 Å². The number of methoxy groups -OCH3 is 1. The van der Waals surface area contributed by atoms with Crippen molar-refractivity contribution in [1.82, 2.24) is 0 Å². The summed E-state index contributed by atoms with van der Waals surface area (Å²) in [6.45, 7) is 2.46. The summed E-state index contributed by atoms with van der Waals surface area (Å²) in [5, 5.41) is 0.665. The Hall–Kier alpha value is -0.730. The summed E-state index contributed by atoms with van der Waals surface area (Å²) in [6, 6.07) is 3.65. The Morgan fingerprint density at radius 3 is 2.67 bits per heavy atom. The first-order chi connectivity index (χ1) is 5.69. The van der Waals surface area contributed by atoms with Gasteiger partial charge in [0, 0.05) is 11.6 Å². The molecular formula is C9H12ClNO. The van der Waals surface area contributed by atoms with E-state index in [-0.39, 0.29) is 0 Å².